The zero-order chi connectivity index (χ0) is 15.5. The summed E-state index contributed by atoms with van der Waals surface area (Å²) in [5.74, 6) is 0. The van der Waals surface area contributed by atoms with E-state index < -0.39 is 11.7 Å². The number of alkyl halides is 3. The highest BCUT2D eigenvalue weighted by Crippen LogP contribution is 2.29. The highest BCUT2D eigenvalue weighted by atomic mass is 19.4. The number of rotatable bonds is 5. The molecule has 2 rings (SSSR count). The maximum absolute atomic E-state index is 12.6. The quantitative estimate of drug-likeness (QED) is 0.922. The highest BCUT2D eigenvalue weighted by molar-refractivity contribution is 5.25. The number of hydrogen-bond donors (Lipinski definition) is 1. The number of halogens is 3. The minimum absolute atomic E-state index is 0.290. The van der Waals surface area contributed by atoms with Crippen LogP contribution >= 0.6 is 0 Å². The summed E-state index contributed by atoms with van der Waals surface area (Å²) in [5.41, 5.74) is 0.665. The lowest BCUT2D eigenvalue weighted by Crippen LogP contribution is -2.23. The first-order valence-electron chi connectivity index (χ1n) is 6.69. The third-order valence-electron chi connectivity index (χ3n) is 3.18. The third-order valence-corrected chi connectivity index (χ3v) is 3.18. The zero-order valence-electron chi connectivity index (χ0n) is 11.9. The van der Waals surface area contributed by atoms with Gasteiger partial charge >= 0.3 is 6.18 Å². The van der Waals surface area contributed by atoms with Gasteiger partial charge in [-0.25, -0.2) is 0 Å². The Kier molecular flexibility index (Phi) is 4.62. The molecule has 4 nitrogen and oxygen atoms in total. The monoisotopic (exact) mass is 298 g/mol. The molecular weight excluding hydrogens is 281 g/mol. The molecule has 2 aromatic rings. The summed E-state index contributed by atoms with van der Waals surface area (Å²) in [5, 5.41) is 7.30. The molecule has 0 amide bonds. The standard InChI is InChI=1S/C14H17F3N4/c1-3-8-21-12(6-7-20-21)13(18-2)11-5-4-10(9-19-11)14(15,16)17/h4-7,9,13,18H,3,8H2,1-2H3. The summed E-state index contributed by atoms with van der Waals surface area (Å²) < 4.78 is 39.5. The smallest absolute Gasteiger partial charge is 0.307 e. The minimum Gasteiger partial charge on any atom is -0.307 e. The normalized spacial score (nSPS) is 13.4. The fourth-order valence-electron chi connectivity index (χ4n) is 2.18. The Labute approximate surface area is 121 Å². The van der Waals surface area contributed by atoms with Crippen LogP contribution in [0.5, 0.6) is 0 Å². The summed E-state index contributed by atoms with van der Waals surface area (Å²) in [6.07, 6.45) is -0.907. The molecule has 2 aromatic heterocycles. The van der Waals surface area contributed by atoms with E-state index in [-0.39, 0.29) is 6.04 Å². The van der Waals surface area contributed by atoms with E-state index in [1.54, 1.807) is 13.2 Å². The minimum atomic E-state index is -4.37. The molecule has 0 radical (unpaired) electrons. The van der Waals surface area contributed by atoms with Crippen molar-refractivity contribution in [2.45, 2.75) is 32.1 Å². The van der Waals surface area contributed by atoms with E-state index in [2.05, 4.69) is 15.4 Å². The largest absolute Gasteiger partial charge is 0.417 e. The van der Waals surface area contributed by atoms with Crippen molar-refractivity contribution in [3.8, 4) is 0 Å². The van der Waals surface area contributed by atoms with Gasteiger partial charge in [0.15, 0.2) is 0 Å². The second-order valence-corrected chi connectivity index (χ2v) is 4.67. The first-order chi connectivity index (χ1) is 9.97. The van der Waals surface area contributed by atoms with Crippen molar-refractivity contribution in [2.75, 3.05) is 7.05 Å². The van der Waals surface area contributed by atoms with Crippen molar-refractivity contribution >= 4 is 0 Å². The molecule has 0 aliphatic carbocycles. The lowest BCUT2D eigenvalue weighted by molar-refractivity contribution is -0.137. The van der Waals surface area contributed by atoms with Gasteiger partial charge in [0.25, 0.3) is 0 Å². The summed E-state index contributed by atoms with van der Waals surface area (Å²) in [4.78, 5) is 3.95. The molecule has 1 unspecified atom stereocenters. The fraction of sp³-hybridized carbons (Fsp3) is 0.429. The topological polar surface area (TPSA) is 42.7 Å². The van der Waals surface area contributed by atoms with Gasteiger partial charge in [0.05, 0.1) is 23.0 Å². The average molecular weight is 298 g/mol. The second-order valence-electron chi connectivity index (χ2n) is 4.67. The van der Waals surface area contributed by atoms with Crippen LogP contribution in [0.2, 0.25) is 0 Å². The average Bonchev–Trinajstić information content (AvgIpc) is 2.88. The Morgan fingerprint density at radius 3 is 2.57 bits per heavy atom. The summed E-state index contributed by atoms with van der Waals surface area (Å²) in [6.45, 7) is 2.79. The van der Waals surface area contributed by atoms with E-state index >= 15 is 0 Å². The van der Waals surface area contributed by atoms with Crippen LogP contribution in [0.3, 0.4) is 0 Å². The summed E-state index contributed by atoms with van der Waals surface area (Å²) in [7, 11) is 1.74. The van der Waals surface area contributed by atoms with Crippen molar-refractivity contribution in [2.24, 2.45) is 0 Å². The molecule has 0 fully saturated rings. The second kappa shape index (κ2) is 6.26. The van der Waals surface area contributed by atoms with E-state index in [0.29, 0.717) is 5.69 Å². The number of aryl methyl sites for hydroxylation is 1. The Hall–Kier alpha value is -1.89. The van der Waals surface area contributed by atoms with Crippen LogP contribution in [0, 0.1) is 0 Å². The van der Waals surface area contributed by atoms with Crippen molar-refractivity contribution in [3.05, 3.63) is 47.5 Å². The third kappa shape index (κ3) is 3.41. The molecular formula is C14H17F3N4. The predicted octanol–water partition coefficient (Wildman–Crippen LogP) is 3.02. The number of hydrogen-bond acceptors (Lipinski definition) is 3. The van der Waals surface area contributed by atoms with Crippen LogP contribution in [0.4, 0.5) is 13.2 Å². The van der Waals surface area contributed by atoms with Crippen LogP contribution in [-0.4, -0.2) is 21.8 Å². The molecule has 7 heteroatoms. The molecule has 0 spiro atoms. The highest BCUT2D eigenvalue weighted by Gasteiger charge is 2.31. The van der Waals surface area contributed by atoms with Gasteiger partial charge in [-0.3, -0.25) is 9.67 Å². The van der Waals surface area contributed by atoms with Crippen LogP contribution in [-0.2, 0) is 12.7 Å². The summed E-state index contributed by atoms with van der Waals surface area (Å²) >= 11 is 0. The Morgan fingerprint density at radius 1 is 1.29 bits per heavy atom. The molecule has 1 N–H and O–H groups in total. The van der Waals surface area contributed by atoms with Gasteiger partial charge in [0, 0.05) is 18.9 Å². The molecule has 0 aliphatic rings. The number of pyridine rings is 1. The predicted molar refractivity (Wildman–Crippen MR) is 72.7 cm³/mol. The zero-order valence-corrected chi connectivity index (χ0v) is 11.9. The van der Waals surface area contributed by atoms with Gasteiger partial charge in [0.1, 0.15) is 0 Å². The van der Waals surface area contributed by atoms with Gasteiger partial charge in [0.2, 0.25) is 0 Å². The number of aromatic nitrogens is 3. The van der Waals surface area contributed by atoms with E-state index in [4.69, 9.17) is 0 Å². The molecule has 0 bridgehead atoms. The maximum atomic E-state index is 12.6. The van der Waals surface area contributed by atoms with E-state index in [9.17, 15) is 13.2 Å². The molecule has 21 heavy (non-hydrogen) atoms. The molecule has 1 atom stereocenters. The first-order valence-corrected chi connectivity index (χ1v) is 6.69. The van der Waals surface area contributed by atoms with Crippen molar-refractivity contribution in [1.29, 1.82) is 0 Å². The Balaban J connectivity index is 2.31. The summed E-state index contributed by atoms with van der Waals surface area (Å²) in [6, 6.07) is 4.00. The van der Waals surface area contributed by atoms with Crippen LogP contribution in [0.25, 0.3) is 0 Å². The first kappa shape index (κ1) is 15.5. The molecule has 0 saturated heterocycles. The maximum Gasteiger partial charge on any atom is 0.417 e. The molecule has 0 aliphatic heterocycles. The van der Waals surface area contributed by atoms with Gasteiger partial charge in [-0.2, -0.15) is 18.3 Å². The molecule has 0 aromatic carbocycles. The van der Waals surface area contributed by atoms with Gasteiger partial charge < -0.3 is 5.32 Å². The van der Waals surface area contributed by atoms with Crippen molar-refractivity contribution < 1.29 is 13.2 Å². The van der Waals surface area contributed by atoms with Crippen LogP contribution < -0.4 is 5.32 Å². The molecule has 0 saturated carbocycles. The van der Waals surface area contributed by atoms with E-state index in [1.165, 1.54) is 6.07 Å². The van der Waals surface area contributed by atoms with Crippen molar-refractivity contribution in [3.63, 3.8) is 0 Å². The fourth-order valence-corrected chi connectivity index (χ4v) is 2.18. The number of nitrogens with one attached hydrogen (secondary N) is 1. The van der Waals surface area contributed by atoms with E-state index in [1.807, 2.05) is 17.7 Å². The van der Waals surface area contributed by atoms with Crippen LogP contribution in [0.1, 0.15) is 36.3 Å². The van der Waals surface area contributed by atoms with Crippen molar-refractivity contribution in [1.82, 2.24) is 20.1 Å². The van der Waals surface area contributed by atoms with Crippen LogP contribution in [0.15, 0.2) is 30.6 Å². The van der Waals surface area contributed by atoms with Gasteiger partial charge in [-0.15, -0.1) is 0 Å². The Bertz CT molecular complexity index is 575. The van der Waals surface area contributed by atoms with E-state index in [0.717, 1.165) is 30.9 Å². The molecule has 114 valence electrons. The number of nitrogens with zero attached hydrogens (tertiary/aromatic N) is 3. The lowest BCUT2D eigenvalue weighted by Gasteiger charge is -2.18. The van der Waals surface area contributed by atoms with Gasteiger partial charge in [-0.05, 0) is 31.7 Å². The molecule has 2 heterocycles. The SMILES string of the molecule is CCCn1nccc1C(NC)c1ccc(C(F)(F)F)cn1. The Morgan fingerprint density at radius 2 is 2.05 bits per heavy atom. The lowest BCUT2D eigenvalue weighted by atomic mass is 10.1. The van der Waals surface area contributed by atoms with Gasteiger partial charge in [-0.1, -0.05) is 6.92 Å².